The third-order valence-corrected chi connectivity index (χ3v) is 6.45. The summed E-state index contributed by atoms with van der Waals surface area (Å²) in [6.07, 6.45) is 12.1. The fourth-order valence-electron chi connectivity index (χ4n) is 5.04. The van der Waals surface area contributed by atoms with Gasteiger partial charge in [-0.1, -0.05) is 46.5 Å². The number of hydrogen-bond donors (Lipinski definition) is 0. The van der Waals surface area contributed by atoms with E-state index in [4.69, 9.17) is 4.74 Å². The molecule has 0 amide bonds. The van der Waals surface area contributed by atoms with Gasteiger partial charge in [0, 0.05) is 6.61 Å². The van der Waals surface area contributed by atoms with Crippen molar-refractivity contribution in [2.24, 2.45) is 29.6 Å². The molecule has 2 rings (SSSR count). The Labute approximate surface area is 126 Å². The SMILES string of the molecule is CCCC1CCC(C2CCC(OCC)C(C)C2C)CC1. The molecule has 0 saturated heterocycles. The van der Waals surface area contributed by atoms with Crippen molar-refractivity contribution in [3.63, 3.8) is 0 Å². The van der Waals surface area contributed by atoms with Crippen molar-refractivity contribution < 1.29 is 4.74 Å². The van der Waals surface area contributed by atoms with E-state index in [-0.39, 0.29) is 0 Å². The van der Waals surface area contributed by atoms with Crippen molar-refractivity contribution in [2.45, 2.75) is 85.2 Å². The van der Waals surface area contributed by atoms with Crippen LogP contribution in [0.15, 0.2) is 0 Å². The van der Waals surface area contributed by atoms with Crippen LogP contribution < -0.4 is 0 Å². The summed E-state index contributed by atoms with van der Waals surface area (Å²) in [6.45, 7) is 10.3. The molecule has 118 valence electrons. The highest BCUT2D eigenvalue weighted by atomic mass is 16.5. The first-order valence-electron chi connectivity index (χ1n) is 9.28. The average Bonchev–Trinajstić information content (AvgIpc) is 2.46. The van der Waals surface area contributed by atoms with Crippen molar-refractivity contribution in [3.05, 3.63) is 0 Å². The molecular formula is C19H36O. The molecule has 0 aromatic heterocycles. The van der Waals surface area contributed by atoms with Crippen LogP contribution in [-0.2, 0) is 4.74 Å². The molecule has 20 heavy (non-hydrogen) atoms. The second-order valence-electron chi connectivity index (χ2n) is 7.52. The van der Waals surface area contributed by atoms with E-state index in [2.05, 4.69) is 27.7 Å². The van der Waals surface area contributed by atoms with Gasteiger partial charge in [-0.25, -0.2) is 0 Å². The summed E-state index contributed by atoms with van der Waals surface area (Å²) in [5.74, 6) is 4.64. The largest absolute Gasteiger partial charge is 0.378 e. The molecule has 0 radical (unpaired) electrons. The van der Waals surface area contributed by atoms with E-state index in [1.54, 1.807) is 0 Å². The summed E-state index contributed by atoms with van der Waals surface area (Å²) in [5.41, 5.74) is 0. The predicted octanol–water partition coefficient (Wildman–Crippen LogP) is 5.68. The molecule has 1 nitrogen and oxygen atoms in total. The summed E-state index contributed by atoms with van der Waals surface area (Å²) in [7, 11) is 0. The third-order valence-electron chi connectivity index (χ3n) is 6.45. The summed E-state index contributed by atoms with van der Waals surface area (Å²) in [6, 6.07) is 0. The van der Waals surface area contributed by atoms with Crippen LogP contribution in [0.4, 0.5) is 0 Å². The van der Waals surface area contributed by atoms with Crippen LogP contribution >= 0.6 is 0 Å². The topological polar surface area (TPSA) is 9.23 Å². The monoisotopic (exact) mass is 280 g/mol. The Morgan fingerprint density at radius 3 is 2.15 bits per heavy atom. The van der Waals surface area contributed by atoms with Crippen molar-refractivity contribution in [3.8, 4) is 0 Å². The van der Waals surface area contributed by atoms with Crippen LogP contribution in [0.5, 0.6) is 0 Å². The first kappa shape index (κ1) is 16.3. The molecule has 2 aliphatic carbocycles. The van der Waals surface area contributed by atoms with E-state index < -0.39 is 0 Å². The summed E-state index contributed by atoms with van der Waals surface area (Å²) < 4.78 is 5.95. The first-order chi connectivity index (χ1) is 9.67. The number of hydrogen-bond acceptors (Lipinski definition) is 1. The minimum atomic E-state index is 0.530. The van der Waals surface area contributed by atoms with Gasteiger partial charge in [0.05, 0.1) is 6.10 Å². The first-order valence-corrected chi connectivity index (χ1v) is 9.28. The van der Waals surface area contributed by atoms with Gasteiger partial charge in [-0.05, 0) is 62.2 Å². The van der Waals surface area contributed by atoms with Crippen LogP contribution in [0.1, 0.15) is 79.1 Å². The van der Waals surface area contributed by atoms with E-state index in [9.17, 15) is 0 Å². The lowest BCUT2D eigenvalue weighted by molar-refractivity contribution is -0.0511. The molecule has 0 aliphatic heterocycles. The molecule has 0 aromatic carbocycles. The van der Waals surface area contributed by atoms with Crippen LogP contribution in [0.3, 0.4) is 0 Å². The molecule has 0 aromatic rings. The van der Waals surface area contributed by atoms with Gasteiger partial charge in [-0.15, -0.1) is 0 Å². The van der Waals surface area contributed by atoms with Gasteiger partial charge >= 0.3 is 0 Å². The van der Waals surface area contributed by atoms with Gasteiger partial charge in [-0.3, -0.25) is 0 Å². The fourth-order valence-corrected chi connectivity index (χ4v) is 5.04. The van der Waals surface area contributed by atoms with Crippen molar-refractivity contribution >= 4 is 0 Å². The Kier molecular flexibility index (Phi) is 6.39. The minimum Gasteiger partial charge on any atom is -0.378 e. The Balaban J connectivity index is 1.85. The van der Waals surface area contributed by atoms with E-state index in [0.29, 0.717) is 6.10 Å². The molecule has 1 heteroatoms. The van der Waals surface area contributed by atoms with Crippen LogP contribution in [0.2, 0.25) is 0 Å². The summed E-state index contributed by atoms with van der Waals surface area (Å²) in [4.78, 5) is 0. The molecule has 4 atom stereocenters. The smallest absolute Gasteiger partial charge is 0.0603 e. The van der Waals surface area contributed by atoms with Crippen molar-refractivity contribution in [2.75, 3.05) is 6.61 Å². The molecular weight excluding hydrogens is 244 g/mol. The Bertz CT molecular complexity index is 267. The van der Waals surface area contributed by atoms with Crippen LogP contribution in [0, 0.1) is 29.6 Å². The number of rotatable bonds is 5. The lowest BCUT2D eigenvalue weighted by atomic mass is 9.63. The lowest BCUT2D eigenvalue weighted by Crippen LogP contribution is -2.40. The van der Waals surface area contributed by atoms with Crippen molar-refractivity contribution in [1.29, 1.82) is 0 Å². The zero-order valence-electron chi connectivity index (χ0n) is 14.2. The maximum absolute atomic E-state index is 5.95. The van der Waals surface area contributed by atoms with Crippen molar-refractivity contribution in [1.82, 2.24) is 0 Å². The molecule has 0 heterocycles. The van der Waals surface area contributed by atoms with Crippen LogP contribution in [-0.4, -0.2) is 12.7 Å². The van der Waals surface area contributed by atoms with Crippen LogP contribution in [0.25, 0.3) is 0 Å². The van der Waals surface area contributed by atoms with Gasteiger partial charge in [0.25, 0.3) is 0 Å². The molecule has 2 saturated carbocycles. The highest BCUT2D eigenvalue weighted by molar-refractivity contribution is 4.89. The van der Waals surface area contributed by atoms with Gasteiger partial charge < -0.3 is 4.74 Å². The normalized spacial score (nSPS) is 42.6. The molecule has 4 unspecified atom stereocenters. The highest BCUT2D eigenvalue weighted by Crippen LogP contribution is 2.45. The average molecular weight is 280 g/mol. The van der Waals surface area contributed by atoms with Gasteiger partial charge in [0.1, 0.15) is 0 Å². The standard InChI is InChI=1S/C19H36O/c1-5-7-16-8-10-17(11-9-16)18-12-13-19(20-6-2)15(4)14(18)3/h14-19H,5-13H2,1-4H3. The minimum absolute atomic E-state index is 0.530. The number of ether oxygens (including phenoxy) is 1. The highest BCUT2D eigenvalue weighted by Gasteiger charge is 2.39. The lowest BCUT2D eigenvalue weighted by Gasteiger charge is -2.45. The molecule has 2 fully saturated rings. The zero-order chi connectivity index (χ0) is 14.5. The molecule has 0 spiro atoms. The van der Waals surface area contributed by atoms with Gasteiger partial charge in [-0.2, -0.15) is 0 Å². The molecule has 0 bridgehead atoms. The van der Waals surface area contributed by atoms with E-state index in [1.165, 1.54) is 51.4 Å². The van der Waals surface area contributed by atoms with E-state index in [0.717, 1.165) is 36.2 Å². The second-order valence-corrected chi connectivity index (χ2v) is 7.52. The third kappa shape index (κ3) is 3.78. The predicted molar refractivity (Wildman–Crippen MR) is 86.8 cm³/mol. The molecule has 0 N–H and O–H groups in total. The zero-order valence-corrected chi connectivity index (χ0v) is 14.2. The summed E-state index contributed by atoms with van der Waals surface area (Å²) in [5, 5.41) is 0. The maximum atomic E-state index is 5.95. The van der Waals surface area contributed by atoms with Gasteiger partial charge in [0.15, 0.2) is 0 Å². The Hall–Kier alpha value is -0.0400. The Morgan fingerprint density at radius 1 is 0.850 bits per heavy atom. The quantitative estimate of drug-likeness (QED) is 0.629. The second kappa shape index (κ2) is 7.82. The maximum Gasteiger partial charge on any atom is 0.0603 e. The van der Waals surface area contributed by atoms with E-state index in [1.807, 2.05) is 0 Å². The Morgan fingerprint density at radius 2 is 1.55 bits per heavy atom. The molecule has 2 aliphatic rings. The van der Waals surface area contributed by atoms with Gasteiger partial charge in [0.2, 0.25) is 0 Å². The summed E-state index contributed by atoms with van der Waals surface area (Å²) >= 11 is 0. The van der Waals surface area contributed by atoms with E-state index >= 15 is 0 Å². The fraction of sp³-hybridized carbons (Fsp3) is 1.00.